The quantitative estimate of drug-likeness (QED) is 0.814. The summed E-state index contributed by atoms with van der Waals surface area (Å²) in [4.78, 5) is 30.7. The van der Waals surface area contributed by atoms with Crippen LogP contribution in [0.1, 0.15) is 36.5 Å². The molecule has 1 atom stereocenters. The minimum absolute atomic E-state index is 0.161. The van der Waals surface area contributed by atoms with Gasteiger partial charge in [0.15, 0.2) is 6.61 Å². The molecule has 2 heterocycles. The molecule has 1 amide bonds. The van der Waals surface area contributed by atoms with Gasteiger partial charge >= 0.3 is 5.97 Å². The van der Waals surface area contributed by atoms with E-state index in [4.69, 9.17) is 4.74 Å². The van der Waals surface area contributed by atoms with E-state index < -0.39 is 11.8 Å². The predicted molar refractivity (Wildman–Crippen MR) is 99.2 cm³/mol. The average molecular weight is 371 g/mol. The van der Waals surface area contributed by atoms with E-state index in [2.05, 4.69) is 10.3 Å². The first kappa shape index (κ1) is 18.8. The molecule has 3 rings (SSSR count). The summed E-state index contributed by atoms with van der Waals surface area (Å²) in [5, 5.41) is 2.91. The molecule has 1 unspecified atom stereocenters. The number of ether oxygens (including phenoxy) is 1. The molecule has 2 aromatic rings. The number of esters is 1. The van der Waals surface area contributed by atoms with E-state index in [-0.39, 0.29) is 29.9 Å². The van der Waals surface area contributed by atoms with Crippen molar-refractivity contribution in [1.82, 2.24) is 9.88 Å². The summed E-state index contributed by atoms with van der Waals surface area (Å²) >= 11 is 0. The van der Waals surface area contributed by atoms with Crippen LogP contribution in [0, 0.1) is 5.82 Å². The van der Waals surface area contributed by atoms with Gasteiger partial charge in [0, 0.05) is 24.5 Å². The van der Waals surface area contributed by atoms with Crippen LogP contribution in [0.25, 0.3) is 0 Å². The third kappa shape index (κ3) is 4.81. The van der Waals surface area contributed by atoms with Crippen LogP contribution in [0.15, 0.2) is 42.6 Å². The smallest absolute Gasteiger partial charge is 0.342 e. The van der Waals surface area contributed by atoms with E-state index in [1.165, 1.54) is 18.3 Å². The highest BCUT2D eigenvalue weighted by Crippen LogP contribution is 2.20. The van der Waals surface area contributed by atoms with Crippen molar-refractivity contribution in [1.29, 1.82) is 0 Å². The lowest BCUT2D eigenvalue weighted by atomic mass is 10.0. The zero-order valence-corrected chi connectivity index (χ0v) is 15.2. The zero-order valence-electron chi connectivity index (χ0n) is 15.2. The van der Waals surface area contributed by atoms with Crippen LogP contribution in [-0.2, 0) is 9.53 Å². The first-order valence-electron chi connectivity index (χ1n) is 8.99. The maximum atomic E-state index is 13.4. The molecule has 1 N–H and O–H groups in total. The number of hydrogen-bond acceptors (Lipinski definition) is 5. The Morgan fingerprint density at radius 2 is 2.15 bits per heavy atom. The van der Waals surface area contributed by atoms with Gasteiger partial charge in [-0.3, -0.25) is 4.79 Å². The average Bonchev–Trinajstić information content (AvgIpc) is 2.67. The molecule has 1 aromatic heterocycles. The van der Waals surface area contributed by atoms with Crippen molar-refractivity contribution in [3.8, 4) is 0 Å². The van der Waals surface area contributed by atoms with Gasteiger partial charge in [0.2, 0.25) is 0 Å². The minimum atomic E-state index is -0.653. The largest absolute Gasteiger partial charge is 0.452 e. The number of carbonyl (C=O) groups is 2. The number of rotatable bonds is 5. The Morgan fingerprint density at radius 3 is 2.93 bits per heavy atom. The van der Waals surface area contributed by atoms with Crippen LogP contribution in [0.2, 0.25) is 0 Å². The number of likely N-dealkylation sites (tertiary alicyclic amines) is 1. The number of pyridine rings is 1. The number of nitrogens with zero attached hydrogens (tertiary/aromatic N) is 2. The van der Waals surface area contributed by atoms with Crippen LogP contribution < -0.4 is 5.32 Å². The molecule has 1 aliphatic rings. The second-order valence-corrected chi connectivity index (χ2v) is 6.54. The predicted octanol–water partition coefficient (Wildman–Crippen LogP) is 3.52. The van der Waals surface area contributed by atoms with Gasteiger partial charge in [-0.1, -0.05) is 6.07 Å². The fraction of sp³-hybridized carbons (Fsp3) is 0.350. The minimum Gasteiger partial charge on any atom is -0.452 e. The Bertz CT molecular complexity index is 828. The number of amides is 1. The van der Waals surface area contributed by atoms with Crippen molar-refractivity contribution < 1.29 is 18.7 Å². The van der Waals surface area contributed by atoms with Gasteiger partial charge in [0.1, 0.15) is 17.2 Å². The number of piperidine rings is 1. The monoisotopic (exact) mass is 371 g/mol. The summed E-state index contributed by atoms with van der Waals surface area (Å²) in [6, 6.07) is 9.14. The molecule has 1 fully saturated rings. The van der Waals surface area contributed by atoms with Crippen LogP contribution in [0.4, 0.5) is 15.9 Å². The van der Waals surface area contributed by atoms with E-state index in [1.54, 1.807) is 29.2 Å². The van der Waals surface area contributed by atoms with Gasteiger partial charge in [-0.2, -0.15) is 0 Å². The highest BCUT2D eigenvalue weighted by Gasteiger charge is 2.24. The molecular weight excluding hydrogens is 349 g/mol. The van der Waals surface area contributed by atoms with Crippen molar-refractivity contribution in [3.63, 3.8) is 0 Å². The summed E-state index contributed by atoms with van der Waals surface area (Å²) < 4.78 is 18.6. The molecule has 6 nitrogen and oxygen atoms in total. The van der Waals surface area contributed by atoms with Gasteiger partial charge in [0.05, 0.1) is 0 Å². The molecule has 1 aliphatic heterocycles. The highest BCUT2D eigenvalue weighted by atomic mass is 19.1. The lowest BCUT2D eigenvalue weighted by Gasteiger charge is -2.33. The first-order chi connectivity index (χ1) is 13.0. The number of benzene rings is 1. The fourth-order valence-electron chi connectivity index (χ4n) is 3.13. The summed E-state index contributed by atoms with van der Waals surface area (Å²) in [5.74, 6) is -1.01. The third-order valence-corrected chi connectivity index (χ3v) is 4.57. The van der Waals surface area contributed by atoms with E-state index in [9.17, 15) is 14.0 Å². The Morgan fingerprint density at radius 1 is 1.30 bits per heavy atom. The number of anilines is 2. The molecule has 27 heavy (non-hydrogen) atoms. The molecule has 1 aromatic carbocycles. The standard InChI is InChI=1S/C20H22FN3O3/c1-14-6-2-3-11-24(14)18(25)13-27-20(26)17-9-5-10-22-19(17)23-16-8-4-7-15(21)12-16/h4-5,7-10,12,14H,2-3,6,11,13H2,1H3,(H,22,23). The summed E-state index contributed by atoms with van der Waals surface area (Å²) in [6.45, 7) is 2.38. The number of carbonyl (C=O) groups excluding carboxylic acids is 2. The molecule has 142 valence electrons. The summed E-state index contributed by atoms with van der Waals surface area (Å²) in [5.41, 5.74) is 0.641. The maximum absolute atomic E-state index is 13.4. The maximum Gasteiger partial charge on any atom is 0.342 e. The number of halogens is 1. The normalized spacial score (nSPS) is 16.7. The Labute approximate surface area is 157 Å². The van der Waals surface area contributed by atoms with Crippen LogP contribution >= 0.6 is 0 Å². The lowest BCUT2D eigenvalue weighted by Crippen LogP contribution is -2.44. The number of nitrogens with one attached hydrogen (secondary N) is 1. The fourth-order valence-corrected chi connectivity index (χ4v) is 3.13. The Kier molecular flexibility index (Phi) is 6.01. The van der Waals surface area contributed by atoms with Crippen molar-refractivity contribution in [2.75, 3.05) is 18.5 Å². The van der Waals surface area contributed by atoms with Gasteiger partial charge in [-0.15, -0.1) is 0 Å². The van der Waals surface area contributed by atoms with Crippen LogP contribution in [0.5, 0.6) is 0 Å². The van der Waals surface area contributed by atoms with Gasteiger partial charge in [-0.25, -0.2) is 14.2 Å². The second-order valence-electron chi connectivity index (χ2n) is 6.54. The SMILES string of the molecule is CC1CCCCN1C(=O)COC(=O)c1cccnc1Nc1cccc(F)c1. The molecule has 0 spiro atoms. The lowest BCUT2D eigenvalue weighted by molar-refractivity contribution is -0.137. The number of hydrogen-bond donors (Lipinski definition) is 1. The van der Waals surface area contributed by atoms with Crippen molar-refractivity contribution in [3.05, 3.63) is 54.0 Å². The van der Waals surface area contributed by atoms with E-state index in [1.807, 2.05) is 6.92 Å². The molecular formula is C20H22FN3O3. The van der Waals surface area contributed by atoms with Crippen molar-refractivity contribution in [2.24, 2.45) is 0 Å². The van der Waals surface area contributed by atoms with Crippen molar-refractivity contribution in [2.45, 2.75) is 32.2 Å². The van der Waals surface area contributed by atoms with E-state index in [0.717, 1.165) is 19.3 Å². The molecule has 1 saturated heterocycles. The number of aromatic nitrogens is 1. The van der Waals surface area contributed by atoms with Gasteiger partial charge in [-0.05, 0) is 56.5 Å². The third-order valence-electron chi connectivity index (χ3n) is 4.57. The second kappa shape index (κ2) is 8.62. The van der Waals surface area contributed by atoms with Gasteiger partial charge < -0.3 is 15.0 Å². The van der Waals surface area contributed by atoms with E-state index >= 15 is 0 Å². The molecule has 0 bridgehead atoms. The molecule has 7 heteroatoms. The van der Waals surface area contributed by atoms with E-state index in [0.29, 0.717) is 12.2 Å². The highest BCUT2D eigenvalue weighted by molar-refractivity contribution is 5.96. The van der Waals surface area contributed by atoms with Crippen molar-refractivity contribution >= 4 is 23.4 Å². The molecule has 0 saturated carbocycles. The Balaban J connectivity index is 1.65. The summed E-state index contributed by atoms with van der Waals surface area (Å²) in [6.07, 6.45) is 4.55. The zero-order chi connectivity index (χ0) is 19.2. The van der Waals surface area contributed by atoms with Gasteiger partial charge in [0.25, 0.3) is 5.91 Å². The summed E-state index contributed by atoms with van der Waals surface area (Å²) in [7, 11) is 0. The van der Waals surface area contributed by atoms with Crippen LogP contribution in [-0.4, -0.2) is 41.0 Å². The molecule has 0 aliphatic carbocycles. The Hall–Kier alpha value is -2.96. The van der Waals surface area contributed by atoms with Crippen LogP contribution in [0.3, 0.4) is 0 Å². The molecule has 0 radical (unpaired) electrons. The topological polar surface area (TPSA) is 71.5 Å². The first-order valence-corrected chi connectivity index (χ1v) is 8.99.